The number of H-pyrrole nitrogens is 1. The van der Waals surface area contributed by atoms with Crippen LogP contribution in [0.1, 0.15) is 11.1 Å². The van der Waals surface area contributed by atoms with E-state index in [4.69, 9.17) is 4.74 Å². The van der Waals surface area contributed by atoms with Crippen molar-refractivity contribution in [2.24, 2.45) is 0 Å². The van der Waals surface area contributed by atoms with Crippen molar-refractivity contribution in [1.82, 2.24) is 9.97 Å². The Morgan fingerprint density at radius 3 is 2.60 bits per heavy atom. The molecule has 0 saturated heterocycles. The number of anilines is 1. The summed E-state index contributed by atoms with van der Waals surface area (Å²) >= 11 is 0. The lowest BCUT2D eigenvalue weighted by Crippen LogP contribution is -2.14. The van der Waals surface area contributed by atoms with Gasteiger partial charge in [-0.3, -0.25) is 4.79 Å². The third-order valence-electron chi connectivity index (χ3n) is 3.68. The predicted octanol–water partition coefficient (Wildman–Crippen LogP) is 3.77. The molecule has 1 amide bonds. The molecule has 0 unspecified atom stereocenters. The smallest absolute Gasteiger partial charge is 0.416 e. The minimum Gasteiger partial charge on any atom is -0.480 e. The Labute approximate surface area is 140 Å². The lowest BCUT2D eigenvalue weighted by molar-refractivity contribution is -0.137. The lowest BCUT2D eigenvalue weighted by atomic mass is 10.1. The Bertz CT molecular complexity index is 902. The van der Waals surface area contributed by atoms with Crippen LogP contribution >= 0.6 is 0 Å². The molecule has 8 heteroatoms. The van der Waals surface area contributed by atoms with Crippen LogP contribution in [0.15, 0.2) is 42.7 Å². The number of aromatic nitrogens is 2. The van der Waals surface area contributed by atoms with Crippen molar-refractivity contribution >= 4 is 22.5 Å². The molecule has 25 heavy (non-hydrogen) atoms. The van der Waals surface area contributed by atoms with Crippen LogP contribution in [0.3, 0.4) is 0 Å². The first-order valence-electron chi connectivity index (χ1n) is 7.34. The standard InChI is InChI=1S/C17H14F3N3O2/c1-25-16-15-10(9-22-13(15)6-7-21-16)8-14(24)23-12-4-2-11(3-5-12)17(18,19)20/h2-7,9,22H,8H2,1H3,(H,23,24). The Kier molecular flexibility index (Phi) is 4.35. The topological polar surface area (TPSA) is 67.0 Å². The SMILES string of the molecule is COc1nccc2[nH]cc(CC(=O)Nc3ccc(C(F)(F)F)cc3)c12. The van der Waals surface area contributed by atoms with Crippen molar-refractivity contribution < 1.29 is 22.7 Å². The van der Waals surface area contributed by atoms with E-state index in [9.17, 15) is 18.0 Å². The van der Waals surface area contributed by atoms with E-state index in [-0.39, 0.29) is 12.3 Å². The third kappa shape index (κ3) is 3.57. The molecule has 0 fully saturated rings. The van der Waals surface area contributed by atoms with Crippen LogP contribution in [0.25, 0.3) is 10.9 Å². The van der Waals surface area contributed by atoms with E-state index in [1.54, 1.807) is 18.5 Å². The van der Waals surface area contributed by atoms with Crippen molar-refractivity contribution in [3.63, 3.8) is 0 Å². The van der Waals surface area contributed by atoms with Gasteiger partial charge in [-0.2, -0.15) is 13.2 Å². The zero-order valence-electron chi connectivity index (χ0n) is 13.1. The Morgan fingerprint density at radius 1 is 1.24 bits per heavy atom. The summed E-state index contributed by atoms with van der Waals surface area (Å²) in [5.74, 6) is 0.0441. The number of alkyl halides is 3. The number of carbonyl (C=O) groups excluding carboxylic acids is 1. The van der Waals surface area contributed by atoms with Gasteiger partial charge in [0.2, 0.25) is 11.8 Å². The monoisotopic (exact) mass is 349 g/mol. The van der Waals surface area contributed by atoms with Crippen molar-refractivity contribution in [3.05, 3.63) is 53.9 Å². The number of fused-ring (bicyclic) bond motifs is 1. The number of rotatable bonds is 4. The number of benzene rings is 1. The lowest BCUT2D eigenvalue weighted by Gasteiger charge is -2.09. The van der Waals surface area contributed by atoms with Gasteiger partial charge in [-0.15, -0.1) is 0 Å². The zero-order chi connectivity index (χ0) is 18.0. The number of hydrogen-bond donors (Lipinski definition) is 2. The molecule has 0 spiro atoms. The molecule has 0 radical (unpaired) electrons. The van der Waals surface area contributed by atoms with Crippen molar-refractivity contribution in [3.8, 4) is 5.88 Å². The normalized spacial score (nSPS) is 11.5. The molecule has 0 aliphatic heterocycles. The quantitative estimate of drug-likeness (QED) is 0.753. The summed E-state index contributed by atoms with van der Waals surface area (Å²) < 4.78 is 42.8. The fourth-order valence-corrected chi connectivity index (χ4v) is 2.53. The number of pyridine rings is 1. The fraction of sp³-hybridized carbons (Fsp3) is 0.176. The third-order valence-corrected chi connectivity index (χ3v) is 3.68. The number of hydrogen-bond acceptors (Lipinski definition) is 3. The number of carbonyl (C=O) groups is 1. The van der Waals surface area contributed by atoms with Gasteiger partial charge in [0.1, 0.15) is 0 Å². The highest BCUT2D eigenvalue weighted by molar-refractivity contribution is 5.97. The summed E-state index contributed by atoms with van der Waals surface area (Å²) in [5.41, 5.74) is 0.995. The molecule has 2 heterocycles. The molecule has 0 bridgehead atoms. The summed E-state index contributed by atoms with van der Waals surface area (Å²) in [5, 5.41) is 3.28. The largest absolute Gasteiger partial charge is 0.480 e. The average Bonchev–Trinajstić information content (AvgIpc) is 2.97. The van der Waals surface area contributed by atoms with Crippen LogP contribution in [-0.2, 0) is 17.4 Å². The molecule has 0 atom stereocenters. The van der Waals surface area contributed by atoms with E-state index in [2.05, 4.69) is 15.3 Å². The van der Waals surface area contributed by atoms with Crippen LogP contribution in [0, 0.1) is 0 Å². The van der Waals surface area contributed by atoms with E-state index < -0.39 is 11.7 Å². The van der Waals surface area contributed by atoms with Gasteiger partial charge in [-0.25, -0.2) is 4.98 Å². The van der Waals surface area contributed by atoms with Crippen LogP contribution < -0.4 is 10.1 Å². The minimum absolute atomic E-state index is 0.0308. The maximum absolute atomic E-state index is 12.5. The molecular weight excluding hydrogens is 335 g/mol. The van der Waals surface area contributed by atoms with E-state index in [0.29, 0.717) is 22.5 Å². The zero-order valence-corrected chi connectivity index (χ0v) is 13.1. The van der Waals surface area contributed by atoms with Crippen molar-refractivity contribution in [2.75, 3.05) is 12.4 Å². The van der Waals surface area contributed by atoms with Gasteiger partial charge < -0.3 is 15.0 Å². The second-order valence-corrected chi connectivity index (χ2v) is 5.36. The van der Waals surface area contributed by atoms with E-state index in [1.807, 2.05) is 0 Å². The molecule has 5 nitrogen and oxygen atoms in total. The highest BCUT2D eigenvalue weighted by Gasteiger charge is 2.30. The maximum atomic E-state index is 12.5. The Hall–Kier alpha value is -3.03. The average molecular weight is 349 g/mol. The summed E-state index contributed by atoms with van der Waals surface area (Å²) in [6, 6.07) is 6.05. The van der Waals surface area contributed by atoms with E-state index in [1.165, 1.54) is 19.2 Å². The summed E-state index contributed by atoms with van der Waals surface area (Å²) in [6.07, 6.45) is -1.11. The molecule has 0 aliphatic carbocycles. The van der Waals surface area contributed by atoms with Gasteiger partial charge in [-0.05, 0) is 35.9 Å². The van der Waals surface area contributed by atoms with Crippen LogP contribution in [0.4, 0.5) is 18.9 Å². The van der Waals surface area contributed by atoms with Crippen LogP contribution in [-0.4, -0.2) is 23.0 Å². The molecule has 3 aromatic rings. The molecule has 3 rings (SSSR count). The molecule has 130 valence electrons. The number of nitrogens with one attached hydrogen (secondary N) is 2. The summed E-state index contributed by atoms with van der Waals surface area (Å²) in [7, 11) is 1.49. The first kappa shape index (κ1) is 16.8. The number of methoxy groups -OCH3 is 1. The molecule has 0 saturated carbocycles. The van der Waals surface area contributed by atoms with Gasteiger partial charge in [0.25, 0.3) is 0 Å². The molecule has 2 aromatic heterocycles. The van der Waals surface area contributed by atoms with Gasteiger partial charge >= 0.3 is 6.18 Å². The molecular formula is C17H14F3N3O2. The van der Waals surface area contributed by atoms with Crippen molar-refractivity contribution in [1.29, 1.82) is 0 Å². The molecule has 1 aromatic carbocycles. The van der Waals surface area contributed by atoms with Crippen LogP contribution in [0.5, 0.6) is 5.88 Å². The highest BCUT2D eigenvalue weighted by atomic mass is 19.4. The second-order valence-electron chi connectivity index (χ2n) is 5.36. The van der Waals surface area contributed by atoms with Gasteiger partial charge in [0, 0.05) is 18.1 Å². The fourth-order valence-electron chi connectivity index (χ4n) is 2.53. The number of nitrogens with zero attached hydrogens (tertiary/aromatic N) is 1. The Morgan fingerprint density at radius 2 is 1.96 bits per heavy atom. The maximum Gasteiger partial charge on any atom is 0.416 e. The minimum atomic E-state index is -4.41. The Balaban J connectivity index is 1.75. The summed E-state index contributed by atoms with van der Waals surface area (Å²) in [6.45, 7) is 0. The van der Waals surface area contributed by atoms with Gasteiger partial charge in [0.05, 0.1) is 30.0 Å². The van der Waals surface area contributed by atoms with Gasteiger partial charge in [-0.1, -0.05) is 0 Å². The molecule has 2 N–H and O–H groups in total. The first-order valence-corrected chi connectivity index (χ1v) is 7.34. The van der Waals surface area contributed by atoms with Gasteiger partial charge in [0.15, 0.2) is 0 Å². The number of aromatic amines is 1. The number of ether oxygens (including phenoxy) is 1. The number of halogens is 3. The highest BCUT2D eigenvalue weighted by Crippen LogP contribution is 2.30. The van der Waals surface area contributed by atoms with Crippen molar-refractivity contribution in [2.45, 2.75) is 12.6 Å². The van der Waals surface area contributed by atoms with E-state index in [0.717, 1.165) is 17.6 Å². The molecule has 0 aliphatic rings. The second kappa shape index (κ2) is 6.46. The number of amides is 1. The first-order chi connectivity index (χ1) is 11.9. The predicted molar refractivity (Wildman–Crippen MR) is 86.4 cm³/mol. The summed E-state index contributed by atoms with van der Waals surface area (Å²) in [4.78, 5) is 19.3. The van der Waals surface area contributed by atoms with Crippen LogP contribution in [0.2, 0.25) is 0 Å². The van der Waals surface area contributed by atoms with E-state index >= 15 is 0 Å².